The second-order valence-electron chi connectivity index (χ2n) is 6.32. The van der Waals surface area contributed by atoms with E-state index in [0.29, 0.717) is 5.75 Å². The van der Waals surface area contributed by atoms with Crippen molar-refractivity contribution in [3.8, 4) is 17.0 Å². The van der Waals surface area contributed by atoms with Gasteiger partial charge in [-0.2, -0.15) is 0 Å². The third kappa shape index (κ3) is 3.98. The van der Waals surface area contributed by atoms with Crippen LogP contribution in [0.4, 0.5) is 5.69 Å². The largest absolute Gasteiger partial charge is 0.484 e. The topological polar surface area (TPSA) is 55.6 Å². The number of aromatic nitrogens is 2. The zero-order chi connectivity index (χ0) is 18.6. The first-order valence-corrected chi connectivity index (χ1v) is 8.71. The number of para-hydroxylation sites is 1. The highest BCUT2D eigenvalue weighted by Crippen LogP contribution is 2.21. The normalized spacial score (nSPS) is 10.7. The zero-order valence-electron chi connectivity index (χ0n) is 14.9. The molecule has 2 heterocycles. The summed E-state index contributed by atoms with van der Waals surface area (Å²) >= 11 is 0. The number of hydrogen-bond donors (Lipinski definition) is 1. The molecule has 0 spiro atoms. The van der Waals surface area contributed by atoms with E-state index in [0.717, 1.165) is 22.6 Å². The molecule has 0 radical (unpaired) electrons. The summed E-state index contributed by atoms with van der Waals surface area (Å²) in [6.45, 7) is 2.02. The van der Waals surface area contributed by atoms with Gasteiger partial charge in [-0.3, -0.25) is 4.79 Å². The highest BCUT2D eigenvalue weighted by Gasteiger charge is 2.07. The first-order chi connectivity index (χ1) is 13.2. The van der Waals surface area contributed by atoms with Crippen molar-refractivity contribution in [3.05, 3.63) is 84.7 Å². The number of nitrogens with one attached hydrogen (secondary N) is 1. The van der Waals surface area contributed by atoms with Crippen LogP contribution in [0.2, 0.25) is 0 Å². The number of fused-ring (bicyclic) bond motifs is 1. The van der Waals surface area contributed by atoms with E-state index < -0.39 is 0 Å². The van der Waals surface area contributed by atoms with Crippen molar-refractivity contribution in [1.82, 2.24) is 9.38 Å². The molecule has 2 aromatic carbocycles. The number of rotatable bonds is 5. The molecule has 0 aliphatic carbocycles. The van der Waals surface area contributed by atoms with Gasteiger partial charge in [0.15, 0.2) is 6.61 Å². The van der Waals surface area contributed by atoms with Crippen LogP contribution in [0.1, 0.15) is 5.56 Å². The van der Waals surface area contributed by atoms with Gasteiger partial charge in [-0.25, -0.2) is 4.98 Å². The van der Waals surface area contributed by atoms with Crippen molar-refractivity contribution >= 4 is 17.2 Å². The van der Waals surface area contributed by atoms with E-state index in [-0.39, 0.29) is 12.5 Å². The molecule has 5 heteroatoms. The minimum absolute atomic E-state index is 0.0302. The zero-order valence-corrected chi connectivity index (χ0v) is 14.9. The Bertz CT molecular complexity index is 1070. The lowest BCUT2D eigenvalue weighted by Gasteiger charge is -2.07. The SMILES string of the molecule is Cc1ccn2cc(-c3ccc(NC(=O)COc4ccccc4)cc3)nc2c1. The second kappa shape index (κ2) is 7.33. The molecule has 0 aliphatic heterocycles. The highest BCUT2D eigenvalue weighted by atomic mass is 16.5. The lowest BCUT2D eigenvalue weighted by molar-refractivity contribution is -0.118. The van der Waals surface area contributed by atoms with Gasteiger partial charge in [0, 0.05) is 23.6 Å². The van der Waals surface area contributed by atoms with Crippen LogP contribution in [0.3, 0.4) is 0 Å². The molecule has 1 N–H and O–H groups in total. The molecule has 0 aliphatic rings. The molecule has 4 aromatic rings. The predicted molar refractivity (Wildman–Crippen MR) is 106 cm³/mol. The minimum Gasteiger partial charge on any atom is -0.484 e. The number of carbonyl (C=O) groups excluding carboxylic acids is 1. The summed E-state index contributed by atoms with van der Waals surface area (Å²) in [6.07, 6.45) is 4.00. The van der Waals surface area contributed by atoms with Crippen molar-refractivity contribution in [2.24, 2.45) is 0 Å². The number of anilines is 1. The fourth-order valence-corrected chi connectivity index (χ4v) is 2.81. The summed E-state index contributed by atoms with van der Waals surface area (Å²) in [5, 5.41) is 2.84. The summed E-state index contributed by atoms with van der Waals surface area (Å²) in [6, 6.07) is 21.0. The number of nitrogens with zero attached hydrogens (tertiary/aromatic N) is 2. The van der Waals surface area contributed by atoms with Crippen LogP contribution in [0.15, 0.2) is 79.1 Å². The van der Waals surface area contributed by atoms with Gasteiger partial charge in [0.1, 0.15) is 11.4 Å². The lowest BCUT2D eigenvalue weighted by atomic mass is 10.1. The molecule has 0 saturated carbocycles. The Morgan fingerprint density at radius 3 is 2.63 bits per heavy atom. The first-order valence-electron chi connectivity index (χ1n) is 8.71. The molecule has 1 amide bonds. The highest BCUT2D eigenvalue weighted by molar-refractivity contribution is 5.92. The fourth-order valence-electron chi connectivity index (χ4n) is 2.81. The third-order valence-electron chi connectivity index (χ3n) is 4.19. The minimum atomic E-state index is -0.199. The van der Waals surface area contributed by atoms with Crippen molar-refractivity contribution in [2.45, 2.75) is 6.92 Å². The summed E-state index contributed by atoms with van der Waals surface area (Å²) < 4.78 is 7.45. The molecule has 0 bridgehead atoms. The molecular weight excluding hydrogens is 338 g/mol. The quantitative estimate of drug-likeness (QED) is 0.578. The Labute approximate surface area is 157 Å². The number of amides is 1. The van der Waals surface area contributed by atoms with Crippen molar-refractivity contribution in [2.75, 3.05) is 11.9 Å². The Morgan fingerprint density at radius 1 is 1.07 bits per heavy atom. The number of carbonyl (C=O) groups is 1. The van der Waals surface area contributed by atoms with E-state index in [4.69, 9.17) is 4.74 Å². The number of hydrogen-bond acceptors (Lipinski definition) is 3. The summed E-state index contributed by atoms with van der Waals surface area (Å²) in [5.74, 6) is 0.472. The summed E-state index contributed by atoms with van der Waals surface area (Å²) in [7, 11) is 0. The van der Waals surface area contributed by atoms with Crippen LogP contribution in [0, 0.1) is 6.92 Å². The number of imidazole rings is 1. The molecule has 5 nitrogen and oxygen atoms in total. The van der Waals surface area contributed by atoms with Gasteiger partial charge < -0.3 is 14.5 Å². The molecule has 0 fully saturated rings. The number of benzene rings is 2. The first kappa shape index (κ1) is 16.8. The van der Waals surface area contributed by atoms with E-state index in [2.05, 4.69) is 16.4 Å². The van der Waals surface area contributed by atoms with Gasteiger partial charge in [-0.15, -0.1) is 0 Å². The van der Waals surface area contributed by atoms with E-state index in [1.54, 1.807) is 0 Å². The molecule has 0 saturated heterocycles. The maximum absolute atomic E-state index is 12.0. The fraction of sp³-hybridized carbons (Fsp3) is 0.0909. The van der Waals surface area contributed by atoms with E-state index in [9.17, 15) is 4.79 Å². The van der Waals surface area contributed by atoms with Crippen LogP contribution >= 0.6 is 0 Å². The number of pyridine rings is 1. The van der Waals surface area contributed by atoms with Gasteiger partial charge >= 0.3 is 0 Å². The molecule has 27 heavy (non-hydrogen) atoms. The number of ether oxygens (including phenoxy) is 1. The van der Waals surface area contributed by atoms with Gasteiger partial charge in [-0.05, 0) is 48.9 Å². The van der Waals surface area contributed by atoms with Crippen LogP contribution in [0.5, 0.6) is 5.75 Å². The monoisotopic (exact) mass is 357 g/mol. The van der Waals surface area contributed by atoms with Crippen molar-refractivity contribution in [1.29, 1.82) is 0 Å². The average molecular weight is 357 g/mol. The molecule has 0 unspecified atom stereocenters. The Balaban J connectivity index is 1.41. The molecular formula is C22H19N3O2. The van der Waals surface area contributed by atoms with Gasteiger partial charge in [0.2, 0.25) is 0 Å². The smallest absolute Gasteiger partial charge is 0.262 e. The second-order valence-corrected chi connectivity index (χ2v) is 6.32. The van der Waals surface area contributed by atoms with E-state index >= 15 is 0 Å². The van der Waals surface area contributed by atoms with E-state index in [1.165, 1.54) is 5.56 Å². The maximum Gasteiger partial charge on any atom is 0.262 e. The lowest BCUT2D eigenvalue weighted by Crippen LogP contribution is -2.20. The molecule has 2 aromatic heterocycles. The van der Waals surface area contributed by atoms with Crippen LogP contribution in [-0.4, -0.2) is 21.9 Å². The van der Waals surface area contributed by atoms with Crippen molar-refractivity contribution < 1.29 is 9.53 Å². The van der Waals surface area contributed by atoms with Crippen molar-refractivity contribution in [3.63, 3.8) is 0 Å². The van der Waals surface area contributed by atoms with Gasteiger partial charge in [0.05, 0.1) is 5.69 Å². The van der Waals surface area contributed by atoms with Crippen LogP contribution in [0.25, 0.3) is 16.9 Å². The molecule has 4 rings (SSSR count). The maximum atomic E-state index is 12.0. The van der Waals surface area contributed by atoms with Crippen LogP contribution in [-0.2, 0) is 4.79 Å². The third-order valence-corrected chi connectivity index (χ3v) is 4.19. The molecule has 0 atom stereocenters. The molecule has 134 valence electrons. The Kier molecular flexibility index (Phi) is 4.58. The standard InChI is InChI=1S/C22H19N3O2/c1-16-11-12-25-14-20(24-21(25)13-16)17-7-9-18(10-8-17)23-22(26)15-27-19-5-3-2-4-6-19/h2-14H,15H2,1H3,(H,23,26). The predicted octanol–water partition coefficient (Wildman–Crippen LogP) is 4.33. The van der Waals surface area contributed by atoms with Gasteiger partial charge in [-0.1, -0.05) is 30.3 Å². The van der Waals surface area contributed by atoms with Crippen LogP contribution < -0.4 is 10.1 Å². The van der Waals surface area contributed by atoms with Gasteiger partial charge in [0.25, 0.3) is 5.91 Å². The van der Waals surface area contributed by atoms with E-state index in [1.807, 2.05) is 84.4 Å². The Morgan fingerprint density at radius 2 is 1.85 bits per heavy atom. The Hall–Kier alpha value is -3.60. The average Bonchev–Trinajstić information content (AvgIpc) is 3.11. The summed E-state index contributed by atoms with van der Waals surface area (Å²) in [5.41, 5.74) is 4.71. The summed E-state index contributed by atoms with van der Waals surface area (Å²) in [4.78, 5) is 16.7. The number of aryl methyl sites for hydroxylation is 1.